The summed E-state index contributed by atoms with van der Waals surface area (Å²) in [4.78, 5) is 0. The van der Waals surface area contributed by atoms with E-state index in [4.69, 9.17) is 15.7 Å². The van der Waals surface area contributed by atoms with E-state index in [1.807, 2.05) is 0 Å². The van der Waals surface area contributed by atoms with E-state index in [2.05, 4.69) is 5.16 Å². The van der Waals surface area contributed by atoms with Crippen molar-refractivity contribution in [1.82, 2.24) is 4.31 Å². The molecule has 7 nitrogen and oxygen atoms in total. The summed E-state index contributed by atoms with van der Waals surface area (Å²) in [6.07, 6.45) is 5.17. The topological polar surface area (TPSA) is 105 Å². The third-order valence-corrected chi connectivity index (χ3v) is 5.89. The third-order valence-electron chi connectivity index (χ3n) is 3.96. The second-order valence-corrected chi connectivity index (χ2v) is 7.45. The maximum Gasteiger partial charge on any atom is 0.217 e. The van der Waals surface area contributed by atoms with Crippen LogP contribution in [-0.2, 0) is 14.8 Å². The van der Waals surface area contributed by atoms with Crippen LogP contribution < -0.4 is 5.73 Å². The molecule has 0 aromatic rings. The van der Waals surface area contributed by atoms with Gasteiger partial charge in [-0.15, -0.1) is 0 Å². The van der Waals surface area contributed by atoms with Gasteiger partial charge < -0.3 is 15.7 Å². The van der Waals surface area contributed by atoms with Gasteiger partial charge in [0.15, 0.2) is 5.84 Å². The average Bonchev–Trinajstić information content (AvgIpc) is 3.07. The van der Waals surface area contributed by atoms with Crippen molar-refractivity contribution in [3.63, 3.8) is 0 Å². The lowest BCUT2D eigenvalue weighted by Crippen LogP contribution is -2.46. The van der Waals surface area contributed by atoms with Crippen LogP contribution in [0.15, 0.2) is 5.16 Å². The minimum Gasteiger partial charge on any atom is -0.409 e. The Morgan fingerprint density at radius 1 is 1.30 bits per heavy atom. The third kappa shape index (κ3) is 3.83. The van der Waals surface area contributed by atoms with Gasteiger partial charge in [0.2, 0.25) is 10.0 Å². The molecule has 1 saturated carbocycles. The molecule has 0 radical (unpaired) electrons. The van der Waals surface area contributed by atoms with Crippen LogP contribution in [-0.4, -0.2) is 54.8 Å². The molecule has 0 bridgehead atoms. The van der Waals surface area contributed by atoms with Crippen LogP contribution in [0.3, 0.4) is 0 Å². The highest BCUT2D eigenvalue weighted by molar-refractivity contribution is 7.89. The van der Waals surface area contributed by atoms with E-state index in [-0.39, 0.29) is 30.3 Å². The van der Waals surface area contributed by atoms with E-state index in [0.717, 1.165) is 38.5 Å². The summed E-state index contributed by atoms with van der Waals surface area (Å²) in [5.74, 6) is -0.0878. The first-order valence-electron chi connectivity index (χ1n) is 7.10. The molecular formula is C12H23N3O4S. The van der Waals surface area contributed by atoms with Crippen LogP contribution >= 0.6 is 0 Å². The Labute approximate surface area is 119 Å². The molecule has 20 heavy (non-hydrogen) atoms. The van der Waals surface area contributed by atoms with Crippen LogP contribution in [0.1, 0.15) is 38.5 Å². The van der Waals surface area contributed by atoms with Gasteiger partial charge in [0.05, 0.1) is 18.4 Å². The standard InChI is InChI=1S/C12H23N3O4S/c13-12(14-16)8-15(10-4-1-2-5-10)20(17,18)9-11-6-3-7-19-11/h10-11,16H,1-9H2,(H2,13,14). The Morgan fingerprint density at radius 3 is 2.55 bits per heavy atom. The minimum absolute atomic E-state index is 0.0117. The molecule has 1 saturated heterocycles. The predicted molar refractivity (Wildman–Crippen MR) is 75.1 cm³/mol. The van der Waals surface area contributed by atoms with Crippen LogP contribution in [0, 0.1) is 0 Å². The zero-order valence-corrected chi connectivity index (χ0v) is 12.4. The van der Waals surface area contributed by atoms with Crippen molar-refractivity contribution >= 4 is 15.9 Å². The average molecular weight is 305 g/mol. The monoisotopic (exact) mass is 305 g/mol. The van der Waals surface area contributed by atoms with E-state index in [9.17, 15) is 8.42 Å². The van der Waals surface area contributed by atoms with E-state index in [1.165, 1.54) is 4.31 Å². The molecule has 8 heteroatoms. The molecule has 3 N–H and O–H groups in total. The van der Waals surface area contributed by atoms with Crippen molar-refractivity contribution in [2.45, 2.75) is 50.7 Å². The first-order chi connectivity index (χ1) is 9.53. The van der Waals surface area contributed by atoms with Gasteiger partial charge in [-0.1, -0.05) is 18.0 Å². The first-order valence-corrected chi connectivity index (χ1v) is 8.71. The van der Waals surface area contributed by atoms with Gasteiger partial charge in [0.25, 0.3) is 0 Å². The highest BCUT2D eigenvalue weighted by atomic mass is 32.2. The lowest BCUT2D eigenvalue weighted by molar-refractivity contribution is 0.126. The molecule has 0 spiro atoms. The largest absolute Gasteiger partial charge is 0.409 e. The molecular weight excluding hydrogens is 282 g/mol. The van der Waals surface area contributed by atoms with Crippen molar-refractivity contribution in [2.24, 2.45) is 10.9 Å². The quantitative estimate of drug-likeness (QED) is 0.321. The van der Waals surface area contributed by atoms with Crippen molar-refractivity contribution in [2.75, 3.05) is 18.9 Å². The van der Waals surface area contributed by atoms with Gasteiger partial charge >= 0.3 is 0 Å². The molecule has 1 heterocycles. The van der Waals surface area contributed by atoms with E-state index in [1.54, 1.807) is 0 Å². The zero-order chi connectivity index (χ0) is 14.6. The van der Waals surface area contributed by atoms with Crippen molar-refractivity contribution < 1.29 is 18.4 Å². The summed E-state index contributed by atoms with van der Waals surface area (Å²) in [7, 11) is -3.46. The summed E-state index contributed by atoms with van der Waals surface area (Å²) in [6.45, 7) is 0.583. The highest BCUT2D eigenvalue weighted by Crippen LogP contribution is 2.27. The predicted octanol–water partition coefficient (Wildman–Crippen LogP) is 0.486. The Hall–Kier alpha value is -0.860. The summed E-state index contributed by atoms with van der Waals surface area (Å²) in [6, 6.07) is -0.0401. The number of oxime groups is 1. The first kappa shape index (κ1) is 15.5. The van der Waals surface area contributed by atoms with Gasteiger partial charge in [0.1, 0.15) is 0 Å². The summed E-state index contributed by atoms with van der Waals surface area (Å²) >= 11 is 0. The Bertz CT molecular complexity index is 440. The number of amidine groups is 1. The van der Waals surface area contributed by atoms with Gasteiger partial charge in [-0.2, -0.15) is 4.31 Å². The SMILES string of the molecule is NC(CN(C1CCCC1)S(=O)(=O)CC1CCCO1)=NO. The van der Waals surface area contributed by atoms with E-state index in [0.29, 0.717) is 6.61 Å². The zero-order valence-electron chi connectivity index (χ0n) is 11.6. The molecule has 1 unspecified atom stereocenters. The number of ether oxygens (including phenoxy) is 1. The van der Waals surface area contributed by atoms with Gasteiger partial charge in [-0.3, -0.25) is 0 Å². The number of sulfonamides is 1. The lowest BCUT2D eigenvalue weighted by Gasteiger charge is -2.28. The molecule has 1 atom stereocenters. The fourth-order valence-electron chi connectivity index (χ4n) is 2.94. The van der Waals surface area contributed by atoms with Gasteiger partial charge in [-0.05, 0) is 25.7 Å². The van der Waals surface area contributed by atoms with Crippen LogP contribution in [0.25, 0.3) is 0 Å². The number of hydrogen-bond acceptors (Lipinski definition) is 5. The fraction of sp³-hybridized carbons (Fsp3) is 0.917. The molecule has 2 rings (SSSR count). The number of nitrogens with zero attached hydrogens (tertiary/aromatic N) is 2. The molecule has 2 aliphatic rings. The van der Waals surface area contributed by atoms with E-state index >= 15 is 0 Å². The minimum atomic E-state index is -3.46. The van der Waals surface area contributed by atoms with Crippen LogP contribution in [0.5, 0.6) is 0 Å². The Kier molecular flexibility index (Phi) is 5.22. The second kappa shape index (κ2) is 6.73. The molecule has 116 valence electrons. The smallest absolute Gasteiger partial charge is 0.217 e. The van der Waals surface area contributed by atoms with Crippen molar-refractivity contribution in [1.29, 1.82) is 0 Å². The Balaban J connectivity index is 2.10. The van der Waals surface area contributed by atoms with Gasteiger partial charge in [-0.25, -0.2) is 8.42 Å². The second-order valence-electron chi connectivity index (χ2n) is 5.49. The lowest BCUT2D eigenvalue weighted by atomic mass is 10.2. The van der Waals surface area contributed by atoms with Crippen molar-refractivity contribution in [3.8, 4) is 0 Å². The number of nitrogens with two attached hydrogens (primary N) is 1. The molecule has 0 aromatic carbocycles. The number of rotatable bonds is 6. The molecule has 0 amide bonds. The molecule has 1 aliphatic heterocycles. The Morgan fingerprint density at radius 2 is 2.00 bits per heavy atom. The van der Waals surface area contributed by atoms with Crippen LogP contribution in [0.2, 0.25) is 0 Å². The van der Waals surface area contributed by atoms with Crippen molar-refractivity contribution in [3.05, 3.63) is 0 Å². The molecule has 1 aliphatic carbocycles. The maximum absolute atomic E-state index is 12.6. The van der Waals surface area contributed by atoms with Crippen LogP contribution in [0.4, 0.5) is 0 Å². The summed E-state index contributed by atoms with van der Waals surface area (Å²) in [5.41, 5.74) is 5.51. The highest BCUT2D eigenvalue weighted by Gasteiger charge is 2.35. The summed E-state index contributed by atoms with van der Waals surface area (Å²) < 4.78 is 32.0. The normalized spacial score (nSPS) is 25.6. The fourth-order valence-corrected chi connectivity index (χ4v) is 4.86. The molecule has 2 fully saturated rings. The summed E-state index contributed by atoms with van der Waals surface area (Å²) in [5, 5.41) is 11.6. The number of hydrogen-bond donors (Lipinski definition) is 2. The van der Waals surface area contributed by atoms with E-state index < -0.39 is 10.0 Å². The molecule has 0 aromatic heterocycles. The maximum atomic E-state index is 12.6. The van der Waals surface area contributed by atoms with Gasteiger partial charge in [0, 0.05) is 12.6 Å².